The summed E-state index contributed by atoms with van der Waals surface area (Å²) in [6.45, 7) is 3.94. The van der Waals surface area contributed by atoms with Crippen molar-refractivity contribution < 1.29 is 18.7 Å². The molecule has 0 aliphatic heterocycles. The third kappa shape index (κ3) is 4.99. The van der Waals surface area contributed by atoms with Gasteiger partial charge in [-0.05, 0) is 50.2 Å². The molecule has 0 saturated carbocycles. The van der Waals surface area contributed by atoms with Gasteiger partial charge in [0.05, 0.1) is 42.0 Å². The van der Waals surface area contributed by atoms with Gasteiger partial charge in [-0.1, -0.05) is 11.6 Å². The van der Waals surface area contributed by atoms with Crippen LogP contribution in [-0.2, 0) is 0 Å². The lowest BCUT2D eigenvalue weighted by Crippen LogP contribution is -2.15. The van der Waals surface area contributed by atoms with Crippen molar-refractivity contribution in [1.82, 2.24) is 4.98 Å². The first-order valence-corrected chi connectivity index (χ1v) is 9.61. The van der Waals surface area contributed by atoms with Gasteiger partial charge in [0.15, 0.2) is 0 Å². The Bertz CT molecular complexity index is 1080. The fraction of sp³-hybridized carbons (Fsp3) is 0.182. The van der Waals surface area contributed by atoms with Crippen molar-refractivity contribution in [3.8, 4) is 11.6 Å². The second kappa shape index (κ2) is 9.45. The number of aromatic nitrogens is 1. The summed E-state index contributed by atoms with van der Waals surface area (Å²) < 4.78 is 24.2. The second-order valence-electron chi connectivity index (χ2n) is 6.33. The minimum atomic E-state index is -0.416. The van der Waals surface area contributed by atoms with E-state index in [2.05, 4.69) is 15.6 Å². The predicted molar refractivity (Wildman–Crippen MR) is 116 cm³/mol. The topological polar surface area (TPSA) is 72.5 Å². The van der Waals surface area contributed by atoms with Gasteiger partial charge in [0.2, 0.25) is 5.88 Å². The molecule has 0 unspecified atom stereocenters. The van der Waals surface area contributed by atoms with E-state index in [4.69, 9.17) is 21.1 Å². The number of hydrogen-bond acceptors (Lipinski definition) is 5. The van der Waals surface area contributed by atoms with E-state index < -0.39 is 5.82 Å². The highest BCUT2D eigenvalue weighted by Gasteiger charge is 2.16. The van der Waals surface area contributed by atoms with Crippen molar-refractivity contribution in [2.75, 3.05) is 24.4 Å². The number of nitrogens with zero attached hydrogens (tertiary/aromatic N) is 1. The van der Waals surface area contributed by atoms with E-state index in [0.29, 0.717) is 51.6 Å². The smallest absolute Gasteiger partial charge is 0.257 e. The van der Waals surface area contributed by atoms with Crippen LogP contribution in [-0.4, -0.2) is 24.6 Å². The standard InChI is InChI=1S/C22H21ClFN3O3/c1-4-30-20-12-15(24)6-8-19(20)26-18-7-5-14(23)11-16(18)22(28)27-17-9-10-21(29-3)25-13(17)2/h5-12,26H,4H2,1-3H3,(H,27,28). The number of pyridine rings is 1. The lowest BCUT2D eigenvalue weighted by Gasteiger charge is -2.16. The number of ether oxygens (including phenoxy) is 2. The summed E-state index contributed by atoms with van der Waals surface area (Å²) in [7, 11) is 1.52. The molecule has 0 aliphatic carbocycles. The Labute approximate surface area is 179 Å². The van der Waals surface area contributed by atoms with E-state index in [-0.39, 0.29) is 5.91 Å². The number of methoxy groups -OCH3 is 1. The van der Waals surface area contributed by atoms with Gasteiger partial charge in [0.1, 0.15) is 11.6 Å². The van der Waals surface area contributed by atoms with Gasteiger partial charge in [-0.25, -0.2) is 9.37 Å². The molecule has 3 aromatic rings. The molecule has 1 aromatic heterocycles. The van der Waals surface area contributed by atoms with Gasteiger partial charge >= 0.3 is 0 Å². The number of nitrogens with one attached hydrogen (secondary N) is 2. The minimum Gasteiger partial charge on any atom is -0.492 e. The Balaban J connectivity index is 1.91. The molecule has 0 saturated heterocycles. The first kappa shape index (κ1) is 21.4. The third-order valence-electron chi connectivity index (χ3n) is 4.26. The molecule has 8 heteroatoms. The molecule has 1 amide bonds. The molecule has 6 nitrogen and oxygen atoms in total. The second-order valence-corrected chi connectivity index (χ2v) is 6.77. The maximum absolute atomic E-state index is 13.6. The van der Waals surface area contributed by atoms with Gasteiger partial charge in [-0.2, -0.15) is 0 Å². The molecule has 2 aromatic carbocycles. The quantitative estimate of drug-likeness (QED) is 0.512. The number of aryl methyl sites for hydroxylation is 1. The van der Waals surface area contributed by atoms with E-state index in [1.165, 1.54) is 19.2 Å². The zero-order valence-electron chi connectivity index (χ0n) is 16.8. The van der Waals surface area contributed by atoms with Crippen LogP contribution in [0.1, 0.15) is 23.0 Å². The van der Waals surface area contributed by atoms with Crippen molar-refractivity contribution >= 4 is 34.6 Å². The summed E-state index contributed by atoms with van der Waals surface area (Å²) in [5.74, 6) is 0.0000672. The summed E-state index contributed by atoms with van der Waals surface area (Å²) in [5, 5.41) is 6.37. The predicted octanol–water partition coefficient (Wildman–Crippen LogP) is 5.59. The van der Waals surface area contributed by atoms with E-state index in [1.54, 1.807) is 50.2 Å². The van der Waals surface area contributed by atoms with Crippen molar-refractivity contribution in [3.05, 3.63) is 70.6 Å². The highest BCUT2D eigenvalue weighted by Crippen LogP contribution is 2.32. The van der Waals surface area contributed by atoms with Gasteiger partial charge in [0, 0.05) is 17.2 Å². The molecule has 30 heavy (non-hydrogen) atoms. The average Bonchev–Trinajstić information content (AvgIpc) is 2.72. The molecule has 0 radical (unpaired) electrons. The highest BCUT2D eigenvalue weighted by atomic mass is 35.5. The zero-order valence-corrected chi connectivity index (χ0v) is 17.5. The number of halogens is 2. The van der Waals surface area contributed by atoms with Crippen LogP contribution in [0.4, 0.5) is 21.5 Å². The molecular weight excluding hydrogens is 409 g/mol. The van der Waals surface area contributed by atoms with Crippen molar-refractivity contribution in [2.24, 2.45) is 0 Å². The number of carbonyl (C=O) groups excluding carboxylic acids is 1. The van der Waals surface area contributed by atoms with Crippen LogP contribution < -0.4 is 20.1 Å². The van der Waals surface area contributed by atoms with E-state index in [0.717, 1.165) is 0 Å². The van der Waals surface area contributed by atoms with Crippen molar-refractivity contribution in [2.45, 2.75) is 13.8 Å². The average molecular weight is 430 g/mol. The first-order chi connectivity index (χ1) is 14.4. The maximum Gasteiger partial charge on any atom is 0.257 e. The van der Waals surface area contributed by atoms with Crippen molar-refractivity contribution in [1.29, 1.82) is 0 Å². The van der Waals surface area contributed by atoms with Crippen LogP contribution in [0.5, 0.6) is 11.6 Å². The minimum absolute atomic E-state index is 0.310. The van der Waals surface area contributed by atoms with Gasteiger partial charge in [-0.3, -0.25) is 4.79 Å². The monoisotopic (exact) mass is 429 g/mol. The fourth-order valence-electron chi connectivity index (χ4n) is 2.81. The summed E-state index contributed by atoms with van der Waals surface area (Å²) in [6, 6.07) is 12.4. The zero-order chi connectivity index (χ0) is 21.7. The third-order valence-corrected chi connectivity index (χ3v) is 4.49. The molecule has 156 valence electrons. The molecule has 3 rings (SSSR count). The Morgan fingerprint density at radius 2 is 1.83 bits per heavy atom. The summed E-state index contributed by atoms with van der Waals surface area (Å²) >= 11 is 6.13. The van der Waals surface area contributed by atoms with Crippen molar-refractivity contribution in [3.63, 3.8) is 0 Å². The molecule has 0 atom stereocenters. The Morgan fingerprint density at radius 3 is 2.53 bits per heavy atom. The van der Waals surface area contributed by atoms with Gasteiger partial charge < -0.3 is 20.1 Å². The molecular formula is C22H21ClFN3O3. The summed E-state index contributed by atoms with van der Waals surface area (Å²) in [5.41, 5.74) is 2.48. The number of rotatable bonds is 7. The number of anilines is 3. The lowest BCUT2D eigenvalue weighted by molar-refractivity contribution is 0.102. The Morgan fingerprint density at radius 1 is 1.10 bits per heavy atom. The van der Waals surface area contributed by atoms with Crippen LogP contribution in [0, 0.1) is 12.7 Å². The fourth-order valence-corrected chi connectivity index (χ4v) is 2.98. The summed E-state index contributed by atoms with van der Waals surface area (Å²) in [6.07, 6.45) is 0. The normalized spacial score (nSPS) is 10.4. The number of amides is 1. The van der Waals surface area contributed by atoms with Gasteiger partial charge in [-0.15, -0.1) is 0 Å². The van der Waals surface area contributed by atoms with E-state index in [1.807, 2.05) is 0 Å². The largest absolute Gasteiger partial charge is 0.492 e. The Hall–Kier alpha value is -3.32. The van der Waals surface area contributed by atoms with Gasteiger partial charge in [0.25, 0.3) is 5.91 Å². The van der Waals surface area contributed by atoms with E-state index >= 15 is 0 Å². The molecule has 0 bridgehead atoms. The van der Waals surface area contributed by atoms with Crippen LogP contribution in [0.25, 0.3) is 0 Å². The van der Waals surface area contributed by atoms with Crippen LogP contribution in [0.15, 0.2) is 48.5 Å². The van der Waals surface area contributed by atoms with Crippen LogP contribution in [0.2, 0.25) is 5.02 Å². The molecule has 0 spiro atoms. The SMILES string of the molecule is CCOc1cc(F)ccc1Nc1ccc(Cl)cc1C(=O)Nc1ccc(OC)nc1C. The summed E-state index contributed by atoms with van der Waals surface area (Å²) in [4.78, 5) is 17.2. The molecule has 2 N–H and O–H groups in total. The maximum atomic E-state index is 13.6. The molecule has 1 heterocycles. The lowest BCUT2D eigenvalue weighted by atomic mass is 10.1. The van der Waals surface area contributed by atoms with E-state index in [9.17, 15) is 9.18 Å². The Kier molecular flexibility index (Phi) is 6.74. The molecule has 0 fully saturated rings. The number of carbonyl (C=O) groups is 1. The number of hydrogen-bond donors (Lipinski definition) is 2. The number of benzene rings is 2. The molecule has 0 aliphatic rings. The van der Waals surface area contributed by atoms with Crippen LogP contribution in [0.3, 0.4) is 0 Å². The van der Waals surface area contributed by atoms with Crippen LogP contribution >= 0.6 is 11.6 Å². The highest BCUT2D eigenvalue weighted by molar-refractivity contribution is 6.31. The first-order valence-electron chi connectivity index (χ1n) is 9.23.